The molecule has 0 N–H and O–H groups in total. The summed E-state index contributed by atoms with van der Waals surface area (Å²) in [4.78, 5) is 4.95. The summed E-state index contributed by atoms with van der Waals surface area (Å²) in [7, 11) is 2.15. The fourth-order valence-electron chi connectivity index (χ4n) is 2.71. The van der Waals surface area contributed by atoms with E-state index in [0.29, 0.717) is 18.5 Å². The Kier molecular flexibility index (Phi) is 4.97. The summed E-state index contributed by atoms with van der Waals surface area (Å²) in [5, 5.41) is 8.95. The Balaban J connectivity index is 2.87. The van der Waals surface area contributed by atoms with Crippen LogP contribution in [0.5, 0.6) is 0 Å². The lowest BCUT2D eigenvalue weighted by atomic mass is 9.95. The molecule has 0 amide bonds. The van der Waals surface area contributed by atoms with E-state index in [0.717, 1.165) is 13.1 Å². The molecule has 2 unspecified atom stereocenters. The average Bonchev–Trinajstić information content (AvgIpc) is 2.39. The van der Waals surface area contributed by atoms with Gasteiger partial charge in [-0.2, -0.15) is 5.26 Å². The van der Waals surface area contributed by atoms with Crippen LogP contribution in [-0.4, -0.2) is 47.6 Å². The fraction of sp³-hybridized carbons (Fsp3) is 0.929. The predicted molar refractivity (Wildman–Crippen MR) is 71.8 cm³/mol. The highest BCUT2D eigenvalue weighted by atomic mass is 15.3. The third kappa shape index (κ3) is 3.43. The van der Waals surface area contributed by atoms with Gasteiger partial charge in [0.15, 0.2) is 0 Å². The van der Waals surface area contributed by atoms with Crippen LogP contribution in [0, 0.1) is 11.3 Å². The maximum absolute atomic E-state index is 8.95. The molecule has 3 heteroatoms. The summed E-state index contributed by atoms with van der Waals surface area (Å²) in [6.07, 6.45) is 2.99. The molecule has 0 aromatic heterocycles. The minimum absolute atomic E-state index is 0.244. The highest BCUT2D eigenvalue weighted by Gasteiger charge is 2.35. The van der Waals surface area contributed by atoms with Gasteiger partial charge < -0.3 is 4.90 Å². The van der Waals surface area contributed by atoms with Gasteiger partial charge >= 0.3 is 0 Å². The summed E-state index contributed by atoms with van der Waals surface area (Å²) in [5.74, 6) is 0. The van der Waals surface area contributed by atoms with Crippen LogP contribution in [0.1, 0.15) is 47.0 Å². The molecule has 0 aromatic rings. The summed E-state index contributed by atoms with van der Waals surface area (Å²) in [6, 6.07) is 3.31. The second-order valence-electron chi connectivity index (χ2n) is 5.97. The van der Waals surface area contributed by atoms with Gasteiger partial charge in [0.25, 0.3) is 0 Å². The van der Waals surface area contributed by atoms with Crippen LogP contribution in [-0.2, 0) is 0 Å². The van der Waals surface area contributed by atoms with Gasteiger partial charge in [0, 0.05) is 24.2 Å². The van der Waals surface area contributed by atoms with Crippen molar-refractivity contribution in [1.82, 2.24) is 9.80 Å². The molecule has 0 radical (unpaired) electrons. The van der Waals surface area contributed by atoms with Crippen LogP contribution in [0.4, 0.5) is 0 Å². The molecule has 0 spiro atoms. The molecule has 2 atom stereocenters. The SMILES string of the molecule is CCC(C)N1CC(CC#N)N(C)CCC1(C)C. The summed E-state index contributed by atoms with van der Waals surface area (Å²) in [5.41, 5.74) is 0.244. The maximum atomic E-state index is 8.95. The first-order valence-corrected chi connectivity index (χ1v) is 6.76. The molecule has 0 aliphatic carbocycles. The van der Waals surface area contributed by atoms with Crippen molar-refractivity contribution < 1.29 is 0 Å². The lowest BCUT2D eigenvalue weighted by Gasteiger charge is -2.42. The van der Waals surface area contributed by atoms with Crippen molar-refractivity contribution in [2.45, 2.75) is 64.6 Å². The quantitative estimate of drug-likeness (QED) is 0.755. The second kappa shape index (κ2) is 5.84. The Morgan fingerprint density at radius 2 is 2.12 bits per heavy atom. The number of nitriles is 1. The second-order valence-corrected chi connectivity index (χ2v) is 5.97. The minimum atomic E-state index is 0.244. The van der Waals surface area contributed by atoms with Gasteiger partial charge in [0.05, 0.1) is 12.5 Å². The normalized spacial score (nSPS) is 28.4. The van der Waals surface area contributed by atoms with Crippen LogP contribution in [0.15, 0.2) is 0 Å². The van der Waals surface area contributed by atoms with E-state index in [1.165, 1.54) is 12.8 Å². The largest absolute Gasteiger partial charge is 0.301 e. The molecule has 0 bridgehead atoms. The zero-order valence-corrected chi connectivity index (χ0v) is 12.0. The number of rotatable bonds is 3. The molecular weight excluding hydrogens is 210 g/mol. The first-order chi connectivity index (χ1) is 7.92. The molecular formula is C14H27N3. The van der Waals surface area contributed by atoms with Crippen molar-refractivity contribution in [3.05, 3.63) is 0 Å². The Hall–Kier alpha value is -0.590. The van der Waals surface area contributed by atoms with Crippen LogP contribution in [0.3, 0.4) is 0 Å². The zero-order chi connectivity index (χ0) is 13.1. The molecule has 0 saturated carbocycles. The van der Waals surface area contributed by atoms with E-state index in [9.17, 15) is 0 Å². The van der Waals surface area contributed by atoms with Gasteiger partial charge in [0.1, 0.15) is 0 Å². The van der Waals surface area contributed by atoms with Crippen molar-refractivity contribution in [3.8, 4) is 6.07 Å². The van der Waals surface area contributed by atoms with Gasteiger partial charge in [0.2, 0.25) is 0 Å². The molecule has 17 heavy (non-hydrogen) atoms. The first-order valence-electron chi connectivity index (χ1n) is 6.76. The molecule has 1 fully saturated rings. The molecule has 3 nitrogen and oxygen atoms in total. The van der Waals surface area contributed by atoms with E-state index in [-0.39, 0.29) is 5.54 Å². The third-order valence-electron chi connectivity index (χ3n) is 4.33. The molecule has 98 valence electrons. The number of nitrogens with zero attached hydrogens (tertiary/aromatic N) is 3. The van der Waals surface area contributed by atoms with E-state index < -0.39 is 0 Å². The van der Waals surface area contributed by atoms with Gasteiger partial charge in [-0.05, 0) is 47.2 Å². The van der Waals surface area contributed by atoms with Crippen molar-refractivity contribution >= 4 is 0 Å². The molecule has 1 aliphatic heterocycles. The lowest BCUT2D eigenvalue weighted by molar-refractivity contribution is 0.0709. The van der Waals surface area contributed by atoms with Crippen molar-refractivity contribution in [2.24, 2.45) is 0 Å². The smallest absolute Gasteiger partial charge is 0.0638 e. The van der Waals surface area contributed by atoms with Crippen LogP contribution >= 0.6 is 0 Å². The predicted octanol–water partition coefficient (Wildman–Crippen LogP) is 2.48. The van der Waals surface area contributed by atoms with Gasteiger partial charge in [-0.1, -0.05) is 6.92 Å². The highest BCUT2D eigenvalue weighted by molar-refractivity contribution is 4.94. The van der Waals surface area contributed by atoms with Crippen LogP contribution < -0.4 is 0 Å². The Bertz CT molecular complexity index is 280. The number of hydrogen-bond donors (Lipinski definition) is 0. The van der Waals surface area contributed by atoms with E-state index in [1.54, 1.807) is 0 Å². The van der Waals surface area contributed by atoms with Crippen LogP contribution in [0.25, 0.3) is 0 Å². The number of likely N-dealkylation sites (N-methyl/N-ethyl adjacent to an activating group) is 1. The van der Waals surface area contributed by atoms with E-state index in [1.807, 2.05) is 0 Å². The Morgan fingerprint density at radius 3 is 2.65 bits per heavy atom. The van der Waals surface area contributed by atoms with Crippen molar-refractivity contribution in [1.29, 1.82) is 5.26 Å². The van der Waals surface area contributed by atoms with E-state index >= 15 is 0 Å². The molecule has 1 saturated heterocycles. The van der Waals surface area contributed by atoms with Crippen LogP contribution in [0.2, 0.25) is 0 Å². The topological polar surface area (TPSA) is 30.3 Å². The van der Waals surface area contributed by atoms with Gasteiger partial charge in [-0.25, -0.2) is 0 Å². The summed E-state index contributed by atoms with van der Waals surface area (Å²) in [6.45, 7) is 11.3. The standard InChI is InChI=1S/C14H27N3/c1-6-12(2)17-11-13(7-9-15)16(5)10-8-14(17,3)4/h12-13H,6-8,10-11H2,1-5H3. The zero-order valence-electron chi connectivity index (χ0n) is 12.0. The first kappa shape index (κ1) is 14.5. The maximum Gasteiger partial charge on any atom is 0.0638 e. The highest BCUT2D eigenvalue weighted by Crippen LogP contribution is 2.28. The van der Waals surface area contributed by atoms with Gasteiger partial charge in [-0.15, -0.1) is 0 Å². The molecule has 1 heterocycles. The monoisotopic (exact) mass is 237 g/mol. The third-order valence-corrected chi connectivity index (χ3v) is 4.33. The molecule has 1 rings (SSSR count). The average molecular weight is 237 g/mol. The molecule has 0 aromatic carbocycles. The Morgan fingerprint density at radius 1 is 1.47 bits per heavy atom. The summed E-state index contributed by atoms with van der Waals surface area (Å²) >= 11 is 0. The van der Waals surface area contributed by atoms with Crippen molar-refractivity contribution in [2.75, 3.05) is 20.1 Å². The molecule has 1 aliphatic rings. The number of hydrogen-bond acceptors (Lipinski definition) is 3. The van der Waals surface area contributed by atoms with Crippen molar-refractivity contribution in [3.63, 3.8) is 0 Å². The lowest BCUT2D eigenvalue weighted by Crippen LogP contribution is -2.50. The van der Waals surface area contributed by atoms with Gasteiger partial charge in [-0.3, -0.25) is 4.90 Å². The summed E-state index contributed by atoms with van der Waals surface area (Å²) < 4.78 is 0. The minimum Gasteiger partial charge on any atom is -0.301 e. The Labute approximate surface area is 106 Å². The van der Waals surface area contributed by atoms with E-state index in [2.05, 4.69) is 50.6 Å². The van der Waals surface area contributed by atoms with E-state index in [4.69, 9.17) is 5.26 Å². The fourth-order valence-corrected chi connectivity index (χ4v) is 2.71.